The van der Waals surface area contributed by atoms with Crippen LogP contribution in [-0.2, 0) is 33.0 Å². The molecule has 24 heteroatoms. The standard InChI is InChI=1S/C28H28N8O3S.C27H30N8O3S/c1-16-23(24(20-7-8-20)33-15-32-16)25-31-14-22-27(35-25)36(17(2)19-5-6-19)28(37)26(34-22)30-13-18-3-9-21(10-4-18)40(38,39)12-11-29;1-15-22(23(19-8-9-19)32-14-31-15)24-30-13-21-26(34-24)35(16(2)18-6-7-18)27(36)25(33-21)29-12-17-4-10-20(11-5-17)39(37,38)28-3/h3-4,9-10,14-15,17,19-20H,5-8,12-13H2,1-2H3,(H,30,34);4-5,10-11,13-14,16,18-19,28H,6-9,12H2,1-3H3,(H,29,33)/t17-;16-/m00/s1. The minimum atomic E-state index is -3.64. The van der Waals surface area contributed by atoms with E-state index >= 15 is 0 Å². The Kier molecular flexibility index (Phi) is 14.3. The highest BCUT2D eigenvalue weighted by molar-refractivity contribution is 7.91. The summed E-state index contributed by atoms with van der Waals surface area (Å²) in [5.41, 5.74) is 8.26. The summed E-state index contributed by atoms with van der Waals surface area (Å²) >= 11 is 0. The third-order valence-electron chi connectivity index (χ3n) is 15.2. The molecule has 2 atom stereocenters. The molecule has 0 aliphatic heterocycles. The van der Waals surface area contributed by atoms with Crippen LogP contribution in [0.4, 0.5) is 11.6 Å². The summed E-state index contributed by atoms with van der Waals surface area (Å²) in [4.78, 5) is 73.9. The van der Waals surface area contributed by atoms with Crippen LogP contribution in [-0.4, -0.2) is 88.6 Å². The predicted molar refractivity (Wildman–Crippen MR) is 295 cm³/mol. The van der Waals surface area contributed by atoms with Gasteiger partial charge in [-0.2, -0.15) is 5.26 Å². The summed E-state index contributed by atoms with van der Waals surface area (Å²) in [6, 6.07) is 14.3. The largest absolute Gasteiger partial charge is 0.361 e. The van der Waals surface area contributed by atoms with Crippen molar-refractivity contribution >= 4 is 53.8 Å². The van der Waals surface area contributed by atoms with E-state index in [0.29, 0.717) is 64.2 Å². The van der Waals surface area contributed by atoms with Crippen LogP contribution >= 0.6 is 0 Å². The third kappa shape index (κ3) is 11.1. The van der Waals surface area contributed by atoms with Crippen LogP contribution in [0.1, 0.15) is 123 Å². The fraction of sp³-hybridized carbons (Fsp3) is 0.400. The molecule has 2 aromatic carbocycles. The molecule has 0 amide bonds. The number of sulfone groups is 1. The topological polar surface area (TPSA) is 301 Å². The highest BCUT2D eigenvalue weighted by Gasteiger charge is 2.35. The normalized spacial score (nSPS) is 16.2. The molecule has 4 aliphatic carbocycles. The van der Waals surface area contributed by atoms with Gasteiger partial charge in [0.15, 0.2) is 44.4 Å². The van der Waals surface area contributed by atoms with E-state index < -0.39 is 25.6 Å². The predicted octanol–water partition coefficient (Wildman–Crippen LogP) is 7.03. The molecular formula is C55H58N16O6S2. The van der Waals surface area contributed by atoms with E-state index in [9.17, 15) is 26.4 Å². The van der Waals surface area contributed by atoms with Crippen molar-refractivity contribution in [3.8, 4) is 28.8 Å². The molecule has 3 N–H and O–H groups in total. The molecule has 12 rings (SSSR count). The second kappa shape index (κ2) is 21.3. The van der Waals surface area contributed by atoms with E-state index in [1.165, 1.54) is 31.3 Å². The number of aromatic nitrogens is 12. The van der Waals surface area contributed by atoms with Crippen LogP contribution in [0, 0.1) is 37.0 Å². The van der Waals surface area contributed by atoms with Crippen molar-refractivity contribution in [2.75, 3.05) is 23.4 Å². The number of anilines is 2. The summed E-state index contributed by atoms with van der Waals surface area (Å²) in [5.74, 6) is 2.39. The number of sulfonamides is 1. The van der Waals surface area contributed by atoms with Crippen molar-refractivity contribution < 1.29 is 16.8 Å². The molecule has 6 heterocycles. The molecular weight excluding hydrogens is 1040 g/mol. The Morgan fingerprint density at radius 2 is 1.01 bits per heavy atom. The van der Waals surface area contributed by atoms with Crippen molar-refractivity contribution in [3.05, 3.63) is 128 Å². The Bertz CT molecular complexity index is 4080. The maximum atomic E-state index is 13.8. The molecule has 6 aromatic heterocycles. The van der Waals surface area contributed by atoms with Gasteiger partial charge in [-0.1, -0.05) is 24.3 Å². The zero-order valence-corrected chi connectivity index (χ0v) is 45.9. The second-order valence-corrected chi connectivity index (χ2v) is 24.7. The summed E-state index contributed by atoms with van der Waals surface area (Å²) in [6.45, 7) is 8.51. The van der Waals surface area contributed by atoms with Crippen LogP contribution < -0.4 is 26.5 Å². The fourth-order valence-corrected chi connectivity index (χ4v) is 11.6. The molecule has 406 valence electrons. The smallest absolute Gasteiger partial charge is 0.295 e. The summed E-state index contributed by atoms with van der Waals surface area (Å²) < 4.78 is 54.0. The third-order valence-corrected chi connectivity index (χ3v) is 18.1. The average molecular weight is 1100 g/mol. The first-order valence-electron chi connectivity index (χ1n) is 26.4. The van der Waals surface area contributed by atoms with E-state index in [2.05, 4.69) is 62.2 Å². The minimum Gasteiger partial charge on any atom is -0.361 e. The number of nitriles is 1. The summed E-state index contributed by atoms with van der Waals surface area (Å²) in [7, 11) is -5.79. The summed E-state index contributed by atoms with van der Waals surface area (Å²) in [6.07, 6.45) is 15.1. The molecule has 79 heavy (non-hydrogen) atoms. The molecule has 0 unspecified atom stereocenters. The fourth-order valence-electron chi connectivity index (χ4n) is 9.94. The van der Waals surface area contributed by atoms with Gasteiger partial charge in [0, 0.05) is 37.0 Å². The number of nitrogens with zero attached hydrogens (tertiary/aromatic N) is 13. The molecule has 4 saturated carbocycles. The lowest BCUT2D eigenvalue weighted by Gasteiger charge is -2.19. The van der Waals surface area contributed by atoms with Gasteiger partial charge in [-0.05, 0) is 133 Å². The van der Waals surface area contributed by atoms with Crippen LogP contribution in [0.3, 0.4) is 0 Å². The molecule has 4 fully saturated rings. The van der Waals surface area contributed by atoms with Crippen molar-refractivity contribution in [1.29, 1.82) is 5.26 Å². The zero-order valence-electron chi connectivity index (χ0n) is 44.3. The van der Waals surface area contributed by atoms with Crippen LogP contribution in [0.5, 0.6) is 0 Å². The van der Waals surface area contributed by atoms with E-state index in [-0.39, 0.29) is 51.2 Å². The van der Waals surface area contributed by atoms with Crippen LogP contribution in [0.2, 0.25) is 0 Å². The van der Waals surface area contributed by atoms with Gasteiger partial charge in [0.05, 0.1) is 62.2 Å². The molecule has 0 spiro atoms. The van der Waals surface area contributed by atoms with Gasteiger partial charge in [0.1, 0.15) is 29.4 Å². The number of rotatable bonds is 18. The molecule has 22 nitrogen and oxygen atoms in total. The maximum absolute atomic E-state index is 13.8. The number of hydrogen-bond donors (Lipinski definition) is 3. The lowest BCUT2D eigenvalue weighted by molar-refractivity contribution is 0.482. The number of fused-ring (bicyclic) bond motifs is 2. The minimum absolute atomic E-state index is 0.0478. The van der Waals surface area contributed by atoms with Gasteiger partial charge in [-0.25, -0.2) is 71.4 Å². The maximum Gasteiger partial charge on any atom is 0.295 e. The van der Waals surface area contributed by atoms with Crippen LogP contribution in [0.25, 0.3) is 45.1 Å². The number of hydrogen-bond acceptors (Lipinski definition) is 19. The highest BCUT2D eigenvalue weighted by atomic mass is 32.2. The van der Waals surface area contributed by atoms with Gasteiger partial charge in [0.25, 0.3) is 11.1 Å². The lowest BCUT2D eigenvalue weighted by Crippen LogP contribution is -2.29. The Morgan fingerprint density at radius 1 is 0.595 bits per heavy atom. The second-order valence-electron chi connectivity index (χ2n) is 20.8. The Morgan fingerprint density at radius 3 is 1.39 bits per heavy atom. The number of aryl methyl sites for hydroxylation is 2. The molecule has 8 aromatic rings. The van der Waals surface area contributed by atoms with Gasteiger partial charge < -0.3 is 10.6 Å². The van der Waals surface area contributed by atoms with Crippen molar-refractivity contribution in [1.82, 2.24) is 63.7 Å². The first-order valence-corrected chi connectivity index (χ1v) is 29.6. The Labute approximate surface area is 455 Å². The van der Waals surface area contributed by atoms with Gasteiger partial charge in [-0.15, -0.1) is 0 Å². The van der Waals surface area contributed by atoms with Crippen LogP contribution in [0.15, 0.2) is 93.0 Å². The SMILES string of the molecule is CNS(=O)(=O)c1ccc(CNc2nc3cnc(-c4c(C)ncnc4C4CC4)nc3n([C@@H](C)C3CC3)c2=O)cc1.Cc1ncnc(C2CC2)c1-c1ncc2nc(NCc3ccc(S(=O)(=O)CC#N)cc3)c(=O)n([C@@H](C)C3CC3)c2n1. The van der Waals surface area contributed by atoms with Crippen molar-refractivity contribution in [2.45, 2.75) is 126 Å². The Balaban J connectivity index is 0.000000167. The van der Waals surface area contributed by atoms with Gasteiger partial charge in [-0.3, -0.25) is 18.7 Å². The lowest BCUT2D eigenvalue weighted by atomic mass is 10.1. The van der Waals surface area contributed by atoms with E-state index in [1.54, 1.807) is 64.5 Å². The van der Waals surface area contributed by atoms with Crippen molar-refractivity contribution in [3.63, 3.8) is 0 Å². The van der Waals surface area contributed by atoms with Crippen molar-refractivity contribution in [2.24, 2.45) is 11.8 Å². The first kappa shape index (κ1) is 53.0. The van der Waals surface area contributed by atoms with E-state index in [4.69, 9.17) is 15.2 Å². The monoisotopic (exact) mass is 1100 g/mol. The molecule has 4 aliphatic rings. The molecule has 0 bridgehead atoms. The Hall–Kier alpha value is -8.01. The quantitative estimate of drug-likeness (QED) is 0.0776. The zero-order chi connectivity index (χ0) is 55.3. The van der Waals surface area contributed by atoms with Gasteiger partial charge in [0.2, 0.25) is 10.0 Å². The molecule has 0 radical (unpaired) electrons. The van der Waals surface area contributed by atoms with E-state index in [0.717, 1.165) is 96.4 Å². The number of benzene rings is 2. The van der Waals surface area contributed by atoms with Gasteiger partial charge >= 0.3 is 0 Å². The first-order chi connectivity index (χ1) is 38.0. The average Bonchev–Trinajstić information content (AvgIpc) is 4.39. The highest BCUT2D eigenvalue weighted by Crippen LogP contribution is 2.45. The van der Waals surface area contributed by atoms with E-state index in [1.807, 2.05) is 20.8 Å². The number of nitrogens with one attached hydrogen (secondary N) is 3. The summed E-state index contributed by atoms with van der Waals surface area (Å²) in [5, 5.41) is 15.0. The molecule has 0 saturated heterocycles.